The van der Waals surface area contributed by atoms with Crippen LogP contribution in [-0.4, -0.2) is 68.8 Å². The molecule has 0 saturated carbocycles. The van der Waals surface area contributed by atoms with Crippen LogP contribution in [0.25, 0.3) is 11.3 Å². The van der Waals surface area contributed by atoms with Crippen LogP contribution in [0.1, 0.15) is 24.8 Å². The van der Waals surface area contributed by atoms with E-state index >= 15 is 0 Å². The van der Waals surface area contributed by atoms with Crippen LogP contribution in [0.4, 0.5) is 18.0 Å². The molecule has 8 nitrogen and oxygen atoms in total. The molecule has 2 amide bonds. The first-order chi connectivity index (χ1) is 18.2. The predicted molar refractivity (Wildman–Crippen MR) is 133 cm³/mol. The molecule has 1 saturated heterocycles. The second-order valence-corrected chi connectivity index (χ2v) is 8.84. The number of piperazine rings is 1. The van der Waals surface area contributed by atoms with Crippen molar-refractivity contribution in [1.82, 2.24) is 24.8 Å². The number of ether oxygens (including phenoxy) is 1. The SMILES string of the molecule is C#CCCCC(=O)N1CCN(C(=O)n2cc(-c3ccc(OC(F)(F)F)cc3)nn2)C(Cc2ccccc2)C1. The summed E-state index contributed by atoms with van der Waals surface area (Å²) < 4.78 is 42.3. The van der Waals surface area contributed by atoms with Crippen LogP contribution < -0.4 is 4.74 Å². The summed E-state index contributed by atoms with van der Waals surface area (Å²) in [6.45, 7) is 1.07. The average molecular weight is 526 g/mol. The Labute approximate surface area is 218 Å². The third-order valence-corrected chi connectivity index (χ3v) is 6.18. The molecule has 2 heterocycles. The first-order valence-electron chi connectivity index (χ1n) is 12.1. The van der Waals surface area contributed by atoms with Crippen molar-refractivity contribution in [2.45, 2.75) is 38.1 Å². The van der Waals surface area contributed by atoms with E-state index in [1.165, 1.54) is 30.5 Å². The largest absolute Gasteiger partial charge is 0.573 e. The molecular weight excluding hydrogens is 499 g/mol. The number of nitrogens with zero attached hydrogens (tertiary/aromatic N) is 5. The predicted octanol–water partition coefficient (Wildman–Crippen LogP) is 4.37. The first kappa shape index (κ1) is 26.7. The second kappa shape index (κ2) is 11.8. The summed E-state index contributed by atoms with van der Waals surface area (Å²) in [5.74, 6) is 2.19. The zero-order valence-electron chi connectivity index (χ0n) is 20.5. The number of terminal acetylenes is 1. The molecule has 2 aromatic carbocycles. The molecule has 38 heavy (non-hydrogen) atoms. The fourth-order valence-corrected chi connectivity index (χ4v) is 4.34. The molecule has 198 valence electrons. The maximum Gasteiger partial charge on any atom is 0.573 e. The normalized spacial score (nSPS) is 15.7. The maximum absolute atomic E-state index is 13.5. The van der Waals surface area contributed by atoms with Gasteiger partial charge in [-0.1, -0.05) is 35.5 Å². The zero-order chi connectivity index (χ0) is 27.1. The molecule has 1 aromatic heterocycles. The molecule has 3 aromatic rings. The van der Waals surface area contributed by atoms with Crippen LogP contribution in [0.3, 0.4) is 0 Å². The molecule has 1 fully saturated rings. The van der Waals surface area contributed by atoms with E-state index in [1.54, 1.807) is 9.80 Å². The van der Waals surface area contributed by atoms with E-state index in [4.69, 9.17) is 6.42 Å². The molecular formula is C27H26F3N5O3. The Balaban J connectivity index is 1.49. The minimum Gasteiger partial charge on any atom is -0.406 e. The van der Waals surface area contributed by atoms with Gasteiger partial charge in [0.25, 0.3) is 0 Å². The summed E-state index contributed by atoms with van der Waals surface area (Å²) in [6, 6.07) is 14.1. The van der Waals surface area contributed by atoms with E-state index in [2.05, 4.69) is 21.0 Å². The van der Waals surface area contributed by atoms with Crippen LogP contribution in [0.15, 0.2) is 60.8 Å². The van der Waals surface area contributed by atoms with Crippen molar-refractivity contribution >= 4 is 11.9 Å². The molecule has 4 rings (SSSR count). The van der Waals surface area contributed by atoms with Gasteiger partial charge in [-0.3, -0.25) is 4.79 Å². The number of benzene rings is 2. The number of hydrogen-bond acceptors (Lipinski definition) is 5. The third kappa shape index (κ3) is 6.91. The molecule has 0 aliphatic carbocycles. The highest BCUT2D eigenvalue weighted by molar-refractivity contribution is 5.79. The van der Waals surface area contributed by atoms with E-state index in [1.807, 2.05) is 30.3 Å². The summed E-state index contributed by atoms with van der Waals surface area (Å²) in [4.78, 5) is 29.6. The minimum atomic E-state index is -4.79. The lowest BCUT2D eigenvalue weighted by Gasteiger charge is -2.41. The quantitative estimate of drug-likeness (QED) is 0.338. The topological polar surface area (TPSA) is 80.6 Å². The van der Waals surface area contributed by atoms with Crippen molar-refractivity contribution in [3.05, 3.63) is 66.4 Å². The summed E-state index contributed by atoms with van der Waals surface area (Å²) in [6.07, 6.45) is 3.99. The van der Waals surface area contributed by atoms with Gasteiger partial charge >= 0.3 is 12.4 Å². The van der Waals surface area contributed by atoms with E-state index in [9.17, 15) is 22.8 Å². The summed E-state index contributed by atoms with van der Waals surface area (Å²) in [5, 5.41) is 7.98. The number of amides is 2. The van der Waals surface area contributed by atoms with Crippen molar-refractivity contribution in [1.29, 1.82) is 0 Å². The number of carbonyl (C=O) groups excluding carboxylic acids is 2. The van der Waals surface area contributed by atoms with Crippen LogP contribution in [0.5, 0.6) is 5.75 Å². The lowest BCUT2D eigenvalue weighted by atomic mass is 10.0. The van der Waals surface area contributed by atoms with Gasteiger partial charge < -0.3 is 14.5 Å². The lowest BCUT2D eigenvalue weighted by molar-refractivity contribution is -0.274. The fourth-order valence-electron chi connectivity index (χ4n) is 4.34. The summed E-state index contributed by atoms with van der Waals surface area (Å²) in [5.41, 5.74) is 1.82. The number of unbranched alkanes of at least 4 members (excludes halogenated alkanes) is 1. The van der Waals surface area contributed by atoms with Crippen molar-refractivity contribution in [2.75, 3.05) is 19.6 Å². The van der Waals surface area contributed by atoms with E-state index < -0.39 is 12.4 Å². The molecule has 1 aliphatic rings. The average Bonchev–Trinajstić information content (AvgIpc) is 3.39. The van der Waals surface area contributed by atoms with Crippen molar-refractivity contribution < 1.29 is 27.5 Å². The number of rotatable bonds is 7. The van der Waals surface area contributed by atoms with Gasteiger partial charge in [0.05, 0.1) is 12.2 Å². The molecule has 11 heteroatoms. The Morgan fingerprint density at radius 3 is 2.50 bits per heavy atom. The highest BCUT2D eigenvalue weighted by atomic mass is 19.4. The molecule has 0 spiro atoms. The molecule has 0 radical (unpaired) electrons. The Kier molecular flexibility index (Phi) is 8.31. The standard InChI is InChI=1S/C27H26F3N5O3/c1-2-3-5-10-25(36)33-15-16-34(22(18-33)17-20-8-6-4-7-9-20)26(37)35-19-24(31-32-35)21-11-13-23(14-12-21)38-27(28,29)30/h1,4,6-9,11-14,19,22H,3,5,10,15-18H2. The summed E-state index contributed by atoms with van der Waals surface area (Å²) >= 11 is 0. The molecule has 0 N–H and O–H groups in total. The van der Waals surface area contributed by atoms with Gasteiger partial charge in [0, 0.05) is 38.0 Å². The molecule has 1 atom stereocenters. The Hall–Kier alpha value is -4.33. The van der Waals surface area contributed by atoms with E-state index in [0.717, 1.165) is 10.2 Å². The molecule has 1 aliphatic heterocycles. The number of halogens is 3. The number of carbonyl (C=O) groups is 2. The van der Waals surface area contributed by atoms with Gasteiger partial charge in [-0.25, -0.2) is 4.79 Å². The van der Waals surface area contributed by atoms with Crippen LogP contribution in [0, 0.1) is 12.3 Å². The van der Waals surface area contributed by atoms with Crippen molar-refractivity contribution in [3.63, 3.8) is 0 Å². The third-order valence-electron chi connectivity index (χ3n) is 6.18. The molecule has 0 bridgehead atoms. The van der Waals surface area contributed by atoms with E-state index in [-0.39, 0.29) is 17.7 Å². The van der Waals surface area contributed by atoms with Crippen molar-refractivity contribution in [3.8, 4) is 29.4 Å². The van der Waals surface area contributed by atoms with Crippen LogP contribution in [0.2, 0.25) is 0 Å². The van der Waals surface area contributed by atoms with Gasteiger partial charge in [-0.15, -0.1) is 30.6 Å². The molecule has 1 unspecified atom stereocenters. The first-order valence-corrected chi connectivity index (χ1v) is 12.1. The van der Waals surface area contributed by atoms with E-state index in [0.29, 0.717) is 56.6 Å². The van der Waals surface area contributed by atoms with Crippen LogP contribution in [-0.2, 0) is 11.2 Å². The minimum absolute atomic E-state index is 0.00593. The second-order valence-electron chi connectivity index (χ2n) is 8.84. The van der Waals surface area contributed by atoms with Gasteiger partial charge in [0.15, 0.2) is 0 Å². The fraction of sp³-hybridized carbons (Fsp3) is 0.333. The van der Waals surface area contributed by atoms with Crippen LogP contribution >= 0.6 is 0 Å². The number of alkyl halides is 3. The monoisotopic (exact) mass is 525 g/mol. The van der Waals surface area contributed by atoms with Gasteiger partial charge in [0.1, 0.15) is 11.4 Å². The Bertz CT molecular complexity index is 1290. The zero-order valence-corrected chi connectivity index (χ0v) is 20.5. The van der Waals surface area contributed by atoms with Gasteiger partial charge in [0.2, 0.25) is 5.91 Å². The van der Waals surface area contributed by atoms with Gasteiger partial charge in [-0.05, 0) is 42.7 Å². The highest BCUT2D eigenvalue weighted by Crippen LogP contribution is 2.26. The smallest absolute Gasteiger partial charge is 0.406 e. The number of hydrogen-bond donors (Lipinski definition) is 0. The lowest BCUT2D eigenvalue weighted by Crippen LogP contribution is -2.58. The Morgan fingerprint density at radius 2 is 1.82 bits per heavy atom. The maximum atomic E-state index is 13.5. The highest BCUT2D eigenvalue weighted by Gasteiger charge is 2.34. The van der Waals surface area contributed by atoms with Gasteiger partial charge in [-0.2, -0.15) is 4.68 Å². The Morgan fingerprint density at radius 1 is 1.08 bits per heavy atom. The van der Waals surface area contributed by atoms with Crippen molar-refractivity contribution in [2.24, 2.45) is 0 Å². The summed E-state index contributed by atoms with van der Waals surface area (Å²) in [7, 11) is 0. The number of aromatic nitrogens is 3.